The Morgan fingerprint density at radius 1 is 0.895 bits per heavy atom. The molecular formula is C31H39N3O4. The zero-order chi connectivity index (χ0) is 27.0. The Hall–Kier alpha value is -3.55. The lowest BCUT2D eigenvalue weighted by molar-refractivity contribution is 0.00810. The summed E-state index contributed by atoms with van der Waals surface area (Å²) in [6.45, 7) is 9.90. The number of aliphatic hydroxyl groups is 1. The molecule has 1 aliphatic rings. The first kappa shape index (κ1) is 27.5. The Morgan fingerprint density at radius 2 is 1.50 bits per heavy atom. The maximum absolute atomic E-state index is 12.9. The number of nitrogens with zero attached hydrogens (tertiary/aromatic N) is 3. The number of carbonyl (C=O) groups is 1. The average molecular weight is 518 g/mol. The molecule has 7 nitrogen and oxygen atoms in total. The molecule has 0 unspecified atom stereocenters. The average Bonchev–Trinajstić information content (AvgIpc) is 2.89. The van der Waals surface area contributed by atoms with Gasteiger partial charge in [0, 0.05) is 39.3 Å². The van der Waals surface area contributed by atoms with Gasteiger partial charge < -0.3 is 24.4 Å². The number of piperazine rings is 1. The van der Waals surface area contributed by atoms with Crippen molar-refractivity contribution < 1.29 is 19.4 Å². The number of ether oxygens (including phenoxy) is 2. The SMILES string of the molecule is CC(C)(C)OC(=O)N(Cc1ccccc1)C[C@H](O)CN1CCN(c2ccccc2Oc2ccccc2)CC1. The lowest BCUT2D eigenvalue weighted by Crippen LogP contribution is -2.50. The molecule has 0 aromatic heterocycles. The van der Waals surface area contributed by atoms with Crippen molar-refractivity contribution in [2.45, 2.75) is 39.0 Å². The van der Waals surface area contributed by atoms with Crippen LogP contribution in [0, 0.1) is 0 Å². The van der Waals surface area contributed by atoms with E-state index in [2.05, 4.69) is 15.9 Å². The van der Waals surface area contributed by atoms with Gasteiger partial charge in [-0.3, -0.25) is 4.90 Å². The van der Waals surface area contributed by atoms with Crippen molar-refractivity contribution in [3.8, 4) is 11.5 Å². The van der Waals surface area contributed by atoms with Gasteiger partial charge in [-0.1, -0.05) is 60.7 Å². The van der Waals surface area contributed by atoms with Crippen molar-refractivity contribution in [1.29, 1.82) is 0 Å². The van der Waals surface area contributed by atoms with E-state index in [0.717, 1.165) is 48.9 Å². The van der Waals surface area contributed by atoms with Crippen LogP contribution in [0.25, 0.3) is 0 Å². The number of rotatable bonds is 9. The van der Waals surface area contributed by atoms with Crippen molar-refractivity contribution >= 4 is 11.8 Å². The molecule has 3 aromatic rings. The van der Waals surface area contributed by atoms with Crippen LogP contribution in [0.2, 0.25) is 0 Å². The number of hydrogen-bond acceptors (Lipinski definition) is 6. The van der Waals surface area contributed by atoms with E-state index in [4.69, 9.17) is 9.47 Å². The van der Waals surface area contributed by atoms with Crippen molar-refractivity contribution in [2.75, 3.05) is 44.2 Å². The van der Waals surface area contributed by atoms with Crippen LogP contribution < -0.4 is 9.64 Å². The molecule has 7 heteroatoms. The fourth-order valence-corrected chi connectivity index (χ4v) is 4.54. The largest absolute Gasteiger partial charge is 0.455 e. The summed E-state index contributed by atoms with van der Waals surface area (Å²) in [7, 11) is 0. The molecule has 0 radical (unpaired) electrons. The summed E-state index contributed by atoms with van der Waals surface area (Å²) in [5, 5.41) is 11.0. The minimum atomic E-state index is -0.688. The quantitative estimate of drug-likeness (QED) is 0.410. The van der Waals surface area contributed by atoms with Gasteiger partial charge in [0.2, 0.25) is 0 Å². The Bertz CT molecular complexity index is 1140. The van der Waals surface area contributed by atoms with E-state index in [1.54, 1.807) is 4.90 Å². The predicted molar refractivity (Wildman–Crippen MR) is 151 cm³/mol. The molecule has 1 saturated heterocycles. The maximum atomic E-state index is 12.9. The molecule has 0 spiro atoms. The highest BCUT2D eigenvalue weighted by molar-refractivity contribution is 5.68. The molecule has 1 atom stereocenters. The standard InChI is InChI=1S/C31H39N3O4/c1-31(2,3)38-30(36)34(22-25-12-6-4-7-13-25)24-26(35)23-32-18-20-33(21-19-32)28-16-10-11-17-29(28)37-27-14-8-5-9-15-27/h4-17,26,35H,18-24H2,1-3H3/t26-/m1/s1. The smallest absolute Gasteiger partial charge is 0.410 e. The first-order chi connectivity index (χ1) is 18.3. The summed E-state index contributed by atoms with van der Waals surface area (Å²) < 4.78 is 11.8. The van der Waals surface area contributed by atoms with Gasteiger partial charge in [-0.05, 0) is 50.6 Å². The minimum absolute atomic E-state index is 0.206. The highest BCUT2D eigenvalue weighted by atomic mass is 16.6. The molecule has 202 valence electrons. The Morgan fingerprint density at radius 3 is 2.16 bits per heavy atom. The van der Waals surface area contributed by atoms with Crippen LogP contribution in [0.5, 0.6) is 11.5 Å². The molecule has 4 rings (SSSR count). The third-order valence-corrected chi connectivity index (χ3v) is 6.32. The molecule has 3 aromatic carbocycles. The van der Waals surface area contributed by atoms with Gasteiger partial charge in [0.1, 0.15) is 11.4 Å². The Balaban J connectivity index is 1.33. The molecule has 38 heavy (non-hydrogen) atoms. The van der Waals surface area contributed by atoms with Gasteiger partial charge in [0.25, 0.3) is 0 Å². The molecule has 1 fully saturated rings. The van der Waals surface area contributed by atoms with E-state index < -0.39 is 17.8 Å². The molecular weight excluding hydrogens is 478 g/mol. The van der Waals surface area contributed by atoms with Gasteiger partial charge in [-0.15, -0.1) is 0 Å². The molecule has 1 N–H and O–H groups in total. The summed E-state index contributed by atoms with van der Waals surface area (Å²) >= 11 is 0. The number of amides is 1. The summed E-state index contributed by atoms with van der Waals surface area (Å²) in [5.74, 6) is 1.65. The second-order valence-corrected chi connectivity index (χ2v) is 10.7. The van der Waals surface area contributed by atoms with E-state index in [-0.39, 0.29) is 6.54 Å². The fraction of sp³-hybridized carbons (Fsp3) is 0.387. The first-order valence-electron chi connectivity index (χ1n) is 13.3. The summed E-state index contributed by atoms with van der Waals surface area (Å²) in [5.41, 5.74) is 1.46. The Kier molecular flexibility index (Phi) is 9.26. The van der Waals surface area contributed by atoms with Gasteiger partial charge in [0.15, 0.2) is 5.75 Å². The third-order valence-electron chi connectivity index (χ3n) is 6.32. The number of benzene rings is 3. The number of carbonyl (C=O) groups excluding carboxylic acids is 1. The second-order valence-electron chi connectivity index (χ2n) is 10.7. The summed E-state index contributed by atoms with van der Waals surface area (Å²) in [4.78, 5) is 19.1. The molecule has 1 heterocycles. The summed E-state index contributed by atoms with van der Waals surface area (Å²) in [6.07, 6.45) is -1.10. The van der Waals surface area contributed by atoms with Crippen LogP contribution >= 0.6 is 0 Å². The summed E-state index contributed by atoms with van der Waals surface area (Å²) in [6, 6.07) is 27.7. The number of para-hydroxylation sites is 3. The lowest BCUT2D eigenvalue weighted by atomic mass is 10.2. The number of aliphatic hydroxyl groups excluding tert-OH is 1. The molecule has 0 aliphatic carbocycles. The van der Waals surface area contributed by atoms with Crippen molar-refractivity contribution in [2.24, 2.45) is 0 Å². The van der Waals surface area contributed by atoms with Crippen molar-refractivity contribution in [3.05, 3.63) is 90.5 Å². The van der Waals surface area contributed by atoms with Gasteiger partial charge >= 0.3 is 6.09 Å². The van der Waals surface area contributed by atoms with Crippen molar-refractivity contribution in [1.82, 2.24) is 9.80 Å². The van der Waals surface area contributed by atoms with E-state index in [0.29, 0.717) is 13.1 Å². The molecule has 1 amide bonds. The minimum Gasteiger partial charge on any atom is -0.455 e. The number of β-amino-alcohol motifs (C(OH)–C–C–N with tert-alkyl or cyclic N) is 1. The van der Waals surface area contributed by atoms with E-state index >= 15 is 0 Å². The van der Waals surface area contributed by atoms with Crippen LogP contribution in [0.1, 0.15) is 26.3 Å². The second kappa shape index (κ2) is 12.8. The molecule has 0 saturated carbocycles. The zero-order valence-corrected chi connectivity index (χ0v) is 22.6. The van der Waals surface area contributed by atoms with E-state index in [1.165, 1.54) is 0 Å². The topological polar surface area (TPSA) is 65.5 Å². The normalized spacial score (nSPS) is 15.1. The fourth-order valence-electron chi connectivity index (χ4n) is 4.54. The van der Waals surface area contributed by atoms with Gasteiger partial charge in [-0.2, -0.15) is 0 Å². The van der Waals surface area contributed by atoms with E-state index in [1.807, 2.05) is 99.6 Å². The Labute approximate surface area is 226 Å². The van der Waals surface area contributed by atoms with Crippen LogP contribution in [-0.4, -0.2) is 72.0 Å². The van der Waals surface area contributed by atoms with Gasteiger partial charge in [-0.25, -0.2) is 4.79 Å². The monoisotopic (exact) mass is 517 g/mol. The first-order valence-corrected chi connectivity index (χ1v) is 13.3. The number of hydrogen-bond donors (Lipinski definition) is 1. The van der Waals surface area contributed by atoms with Crippen LogP contribution in [0.3, 0.4) is 0 Å². The third kappa shape index (κ3) is 8.23. The lowest BCUT2D eigenvalue weighted by Gasteiger charge is -2.38. The highest BCUT2D eigenvalue weighted by Crippen LogP contribution is 2.32. The predicted octanol–water partition coefficient (Wildman–Crippen LogP) is 5.40. The maximum Gasteiger partial charge on any atom is 0.410 e. The zero-order valence-electron chi connectivity index (χ0n) is 22.6. The van der Waals surface area contributed by atoms with Gasteiger partial charge in [0.05, 0.1) is 18.3 Å². The number of anilines is 1. The highest BCUT2D eigenvalue weighted by Gasteiger charge is 2.27. The molecule has 0 bridgehead atoms. The van der Waals surface area contributed by atoms with Crippen LogP contribution in [-0.2, 0) is 11.3 Å². The van der Waals surface area contributed by atoms with Crippen LogP contribution in [0.15, 0.2) is 84.9 Å². The van der Waals surface area contributed by atoms with Crippen molar-refractivity contribution in [3.63, 3.8) is 0 Å². The molecule has 1 aliphatic heterocycles. The van der Waals surface area contributed by atoms with E-state index in [9.17, 15) is 9.90 Å². The van der Waals surface area contributed by atoms with Crippen LogP contribution in [0.4, 0.5) is 10.5 Å².